The number of aliphatic hydroxyl groups is 2. The van der Waals surface area contributed by atoms with Crippen molar-refractivity contribution in [3.05, 3.63) is 29.6 Å². The van der Waals surface area contributed by atoms with Gasteiger partial charge in [-0.25, -0.2) is 4.39 Å². The number of benzene rings is 1. The second kappa shape index (κ2) is 6.57. The van der Waals surface area contributed by atoms with E-state index in [0.29, 0.717) is 17.8 Å². The van der Waals surface area contributed by atoms with E-state index in [-0.39, 0.29) is 6.61 Å². The molecule has 1 atom stereocenters. The van der Waals surface area contributed by atoms with Gasteiger partial charge in [-0.1, -0.05) is 13.0 Å². The molecule has 0 unspecified atom stereocenters. The average Bonchev–Trinajstić information content (AvgIpc) is 2.28. The van der Waals surface area contributed by atoms with E-state index < -0.39 is 11.9 Å². The van der Waals surface area contributed by atoms with Gasteiger partial charge in [-0.3, -0.25) is 0 Å². The molecule has 1 aromatic carbocycles. The first-order valence-corrected chi connectivity index (χ1v) is 5.94. The molecule has 0 aliphatic carbocycles. The highest BCUT2D eigenvalue weighted by atomic mass is 19.1. The van der Waals surface area contributed by atoms with Gasteiger partial charge in [0.1, 0.15) is 5.82 Å². The van der Waals surface area contributed by atoms with Crippen molar-refractivity contribution in [1.82, 2.24) is 0 Å². The molecule has 0 spiro atoms. The predicted molar refractivity (Wildman–Crippen MR) is 66.6 cm³/mol. The number of aliphatic hydroxyl groups excluding tert-OH is 2. The van der Waals surface area contributed by atoms with E-state index in [2.05, 4.69) is 0 Å². The van der Waals surface area contributed by atoms with E-state index in [4.69, 9.17) is 5.11 Å². The lowest BCUT2D eigenvalue weighted by Crippen LogP contribution is -2.29. The Hall–Kier alpha value is -1.13. The number of nitrogens with zero attached hydrogens (tertiary/aromatic N) is 1. The smallest absolute Gasteiger partial charge is 0.131 e. The van der Waals surface area contributed by atoms with E-state index in [1.165, 1.54) is 6.07 Å². The highest BCUT2D eigenvalue weighted by Gasteiger charge is 2.17. The fourth-order valence-electron chi connectivity index (χ4n) is 1.96. The molecule has 0 saturated carbocycles. The van der Waals surface area contributed by atoms with Crippen molar-refractivity contribution in [1.29, 1.82) is 0 Å². The maximum atomic E-state index is 13.7. The molecule has 2 N–H and O–H groups in total. The summed E-state index contributed by atoms with van der Waals surface area (Å²) in [7, 11) is 0. The van der Waals surface area contributed by atoms with Crippen molar-refractivity contribution in [2.45, 2.75) is 26.4 Å². The summed E-state index contributed by atoms with van der Waals surface area (Å²) in [4.78, 5) is 1.89. The Morgan fingerprint density at radius 1 is 1.35 bits per heavy atom. The molecule has 4 heteroatoms. The lowest BCUT2D eigenvalue weighted by atomic mass is 10.1. The van der Waals surface area contributed by atoms with Crippen molar-refractivity contribution in [2.75, 3.05) is 24.6 Å². The fourth-order valence-corrected chi connectivity index (χ4v) is 1.96. The summed E-state index contributed by atoms with van der Waals surface area (Å²) in [6, 6.07) is 4.74. The summed E-state index contributed by atoms with van der Waals surface area (Å²) in [5.74, 6) is -0.406. The van der Waals surface area contributed by atoms with Crippen molar-refractivity contribution in [3.63, 3.8) is 0 Å². The molecule has 17 heavy (non-hydrogen) atoms. The monoisotopic (exact) mass is 241 g/mol. The summed E-state index contributed by atoms with van der Waals surface area (Å²) in [6.07, 6.45) is 0.0414. The largest absolute Gasteiger partial charge is 0.395 e. The maximum absolute atomic E-state index is 13.7. The zero-order valence-corrected chi connectivity index (χ0v) is 10.4. The Morgan fingerprint density at radius 2 is 2.06 bits per heavy atom. The Morgan fingerprint density at radius 3 is 2.59 bits per heavy atom. The van der Waals surface area contributed by atoms with Crippen molar-refractivity contribution < 1.29 is 14.6 Å². The van der Waals surface area contributed by atoms with Gasteiger partial charge >= 0.3 is 0 Å². The standard InChI is InChI=1S/C13H20FNO2/c1-3-7-15(8-9-16)12-6-4-5-11(14)13(12)10(2)17/h4-6,10,16-17H,3,7-9H2,1-2H3/t10-/m0/s1. The van der Waals surface area contributed by atoms with Gasteiger partial charge in [-0.05, 0) is 25.5 Å². The third-order valence-corrected chi connectivity index (χ3v) is 2.65. The SMILES string of the molecule is CCCN(CCO)c1cccc(F)c1[C@H](C)O. The first-order valence-electron chi connectivity index (χ1n) is 5.94. The van der Waals surface area contributed by atoms with Crippen LogP contribution in [-0.2, 0) is 0 Å². The van der Waals surface area contributed by atoms with E-state index >= 15 is 0 Å². The number of hydrogen-bond donors (Lipinski definition) is 2. The molecule has 1 rings (SSSR count). The summed E-state index contributed by atoms with van der Waals surface area (Å²) in [5.41, 5.74) is 0.963. The molecule has 3 nitrogen and oxygen atoms in total. The minimum Gasteiger partial charge on any atom is -0.395 e. The van der Waals surface area contributed by atoms with Gasteiger partial charge in [0.25, 0.3) is 0 Å². The van der Waals surface area contributed by atoms with Gasteiger partial charge in [0, 0.05) is 24.3 Å². The van der Waals surface area contributed by atoms with Gasteiger partial charge in [0.05, 0.1) is 12.7 Å². The lowest BCUT2D eigenvalue weighted by Gasteiger charge is -2.27. The molecular weight excluding hydrogens is 221 g/mol. The van der Waals surface area contributed by atoms with Gasteiger partial charge in [0.15, 0.2) is 0 Å². The first-order chi connectivity index (χ1) is 8.11. The van der Waals surface area contributed by atoms with Crippen LogP contribution in [0.15, 0.2) is 18.2 Å². The third-order valence-electron chi connectivity index (χ3n) is 2.65. The molecule has 0 saturated heterocycles. The first kappa shape index (κ1) is 13.9. The quantitative estimate of drug-likeness (QED) is 0.801. The highest BCUT2D eigenvalue weighted by molar-refractivity contribution is 5.55. The Kier molecular flexibility index (Phi) is 5.38. The summed E-state index contributed by atoms with van der Waals surface area (Å²) < 4.78 is 13.7. The van der Waals surface area contributed by atoms with Gasteiger partial charge in [-0.15, -0.1) is 0 Å². The van der Waals surface area contributed by atoms with Crippen LogP contribution in [0.4, 0.5) is 10.1 Å². The lowest BCUT2D eigenvalue weighted by molar-refractivity contribution is 0.194. The van der Waals surface area contributed by atoms with Gasteiger partial charge in [0.2, 0.25) is 0 Å². The zero-order valence-electron chi connectivity index (χ0n) is 10.4. The molecule has 1 aromatic rings. The topological polar surface area (TPSA) is 43.7 Å². The summed E-state index contributed by atoms with van der Waals surface area (Å²) >= 11 is 0. The van der Waals surface area contributed by atoms with Crippen LogP contribution in [0.3, 0.4) is 0 Å². The van der Waals surface area contributed by atoms with Crippen LogP contribution in [0.1, 0.15) is 31.9 Å². The molecule has 0 aliphatic rings. The summed E-state index contributed by atoms with van der Waals surface area (Å²) in [6.45, 7) is 4.74. The molecular formula is C13H20FNO2. The van der Waals surface area contributed by atoms with Crippen LogP contribution in [0.5, 0.6) is 0 Å². The fraction of sp³-hybridized carbons (Fsp3) is 0.538. The third kappa shape index (κ3) is 3.41. The van der Waals surface area contributed by atoms with Crippen molar-refractivity contribution in [2.24, 2.45) is 0 Å². The van der Waals surface area contributed by atoms with E-state index in [1.54, 1.807) is 19.1 Å². The number of hydrogen-bond acceptors (Lipinski definition) is 3. The zero-order chi connectivity index (χ0) is 12.8. The van der Waals surface area contributed by atoms with E-state index in [9.17, 15) is 9.50 Å². The van der Waals surface area contributed by atoms with E-state index in [1.807, 2.05) is 11.8 Å². The molecule has 0 bridgehead atoms. The average molecular weight is 241 g/mol. The number of halogens is 1. The molecule has 0 radical (unpaired) electrons. The molecule has 96 valence electrons. The van der Waals surface area contributed by atoms with Gasteiger partial charge < -0.3 is 15.1 Å². The second-order valence-corrected chi connectivity index (χ2v) is 4.06. The van der Waals surface area contributed by atoms with Crippen LogP contribution in [0, 0.1) is 5.82 Å². The molecule has 0 aliphatic heterocycles. The van der Waals surface area contributed by atoms with Crippen LogP contribution in [0.25, 0.3) is 0 Å². The minimum atomic E-state index is -0.857. The number of rotatable bonds is 6. The highest BCUT2D eigenvalue weighted by Crippen LogP contribution is 2.28. The van der Waals surface area contributed by atoms with Gasteiger partial charge in [-0.2, -0.15) is 0 Å². The van der Waals surface area contributed by atoms with Crippen LogP contribution < -0.4 is 4.90 Å². The Bertz CT molecular complexity index is 349. The molecule has 0 heterocycles. The maximum Gasteiger partial charge on any atom is 0.131 e. The minimum absolute atomic E-state index is 0.00969. The molecule has 0 amide bonds. The Labute approximate surface area is 101 Å². The normalized spacial score (nSPS) is 12.5. The second-order valence-electron chi connectivity index (χ2n) is 4.06. The van der Waals surface area contributed by atoms with E-state index in [0.717, 1.165) is 13.0 Å². The Balaban J connectivity index is 3.12. The van der Waals surface area contributed by atoms with Crippen molar-refractivity contribution in [3.8, 4) is 0 Å². The molecule has 0 fully saturated rings. The summed E-state index contributed by atoms with van der Waals surface area (Å²) in [5, 5.41) is 18.7. The van der Waals surface area contributed by atoms with Crippen LogP contribution in [0.2, 0.25) is 0 Å². The predicted octanol–water partition coefficient (Wildman–Crippen LogP) is 2.09. The number of anilines is 1. The van der Waals surface area contributed by atoms with Crippen molar-refractivity contribution >= 4 is 5.69 Å². The van der Waals surface area contributed by atoms with Crippen LogP contribution >= 0.6 is 0 Å². The van der Waals surface area contributed by atoms with Crippen LogP contribution in [-0.4, -0.2) is 29.9 Å². The molecule has 0 aromatic heterocycles.